The van der Waals surface area contributed by atoms with Crippen molar-refractivity contribution in [3.05, 3.63) is 23.2 Å². The fourth-order valence-electron chi connectivity index (χ4n) is 1.59. The van der Waals surface area contributed by atoms with Gasteiger partial charge in [-0.2, -0.15) is 0 Å². The van der Waals surface area contributed by atoms with Crippen LogP contribution in [-0.4, -0.2) is 46.0 Å². The number of carbonyl (C=O) groups is 1. The molecule has 0 aliphatic heterocycles. The predicted molar refractivity (Wildman–Crippen MR) is 79.1 cm³/mol. The summed E-state index contributed by atoms with van der Waals surface area (Å²) in [6.07, 6.45) is -0.00649. The molecule has 0 N–H and O–H groups in total. The van der Waals surface area contributed by atoms with Gasteiger partial charge in [0.15, 0.2) is 0 Å². The average molecular weight is 336 g/mol. The van der Waals surface area contributed by atoms with E-state index in [0.29, 0.717) is 5.75 Å². The van der Waals surface area contributed by atoms with Crippen molar-refractivity contribution in [1.82, 2.24) is 4.31 Å². The largest absolute Gasteiger partial charge is 0.495 e. The highest BCUT2D eigenvalue weighted by Gasteiger charge is 2.22. The minimum Gasteiger partial charge on any atom is -0.495 e. The van der Waals surface area contributed by atoms with Gasteiger partial charge in [-0.05, 0) is 25.1 Å². The van der Waals surface area contributed by atoms with Crippen molar-refractivity contribution in [1.29, 1.82) is 0 Å². The second kappa shape index (κ2) is 7.63. The molecule has 0 bridgehead atoms. The van der Waals surface area contributed by atoms with Gasteiger partial charge in [-0.1, -0.05) is 11.6 Å². The molecule has 6 nitrogen and oxygen atoms in total. The van der Waals surface area contributed by atoms with Crippen LogP contribution >= 0.6 is 11.6 Å². The van der Waals surface area contributed by atoms with Gasteiger partial charge in [-0.15, -0.1) is 0 Å². The number of methoxy groups -OCH3 is 1. The van der Waals surface area contributed by atoms with E-state index in [1.807, 2.05) is 0 Å². The lowest BCUT2D eigenvalue weighted by Crippen LogP contribution is -2.29. The number of nitrogens with zero attached hydrogens (tertiary/aromatic N) is 1. The first kappa shape index (κ1) is 17.7. The van der Waals surface area contributed by atoms with Crippen LogP contribution in [0.2, 0.25) is 5.02 Å². The van der Waals surface area contributed by atoms with Crippen LogP contribution in [0.3, 0.4) is 0 Å². The van der Waals surface area contributed by atoms with Gasteiger partial charge < -0.3 is 9.47 Å². The van der Waals surface area contributed by atoms with Gasteiger partial charge in [-0.25, -0.2) is 12.7 Å². The molecule has 8 heteroatoms. The van der Waals surface area contributed by atoms with Gasteiger partial charge in [0.05, 0.1) is 30.1 Å². The summed E-state index contributed by atoms with van der Waals surface area (Å²) in [6, 6.07) is 4.20. The maximum absolute atomic E-state index is 12.3. The molecule has 0 saturated heterocycles. The predicted octanol–water partition coefficient (Wildman–Crippen LogP) is 1.92. The van der Waals surface area contributed by atoms with E-state index in [9.17, 15) is 13.2 Å². The van der Waals surface area contributed by atoms with E-state index >= 15 is 0 Å². The number of esters is 1. The topological polar surface area (TPSA) is 72.9 Å². The van der Waals surface area contributed by atoms with Crippen molar-refractivity contribution in [2.75, 3.05) is 27.3 Å². The van der Waals surface area contributed by atoms with Crippen LogP contribution in [0.15, 0.2) is 23.1 Å². The van der Waals surface area contributed by atoms with Gasteiger partial charge in [0.1, 0.15) is 5.75 Å². The number of ether oxygens (including phenoxy) is 2. The molecule has 0 atom stereocenters. The summed E-state index contributed by atoms with van der Waals surface area (Å²) < 4.78 is 35.5. The summed E-state index contributed by atoms with van der Waals surface area (Å²) in [5.74, 6) is -0.0443. The number of halogens is 1. The van der Waals surface area contributed by atoms with Crippen LogP contribution < -0.4 is 4.74 Å². The Labute approximate surface area is 129 Å². The number of benzene rings is 1. The van der Waals surface area contributed by atoms with E-state index in [0.717, 1.165) is 4.31 Å². The first-order valence-corrected chi connectivity index (χ1v) is 8.10. The third kappa shape index (κ3) is 4.59. The van der Waals surface area contributed by atoms with E-state index in [2.05, 4.69) is 0 Å². The summed E-state index contributed by atoms with van der Waals surface area (Å²) in [4.78, 5) is 11.3. The number of sulfonamides is 1. The lowest BCUT2D eigenvalue weighted by atomic mass is 10.3. The number of hydrogen-bond donors (Lipinski definition) is 0. The van der Waals surface area contributed by atoms with E-state index in [-0.39, 0.29) is 29.5 Å². The highest BCUT2D eigenvalue weighted by Crippen LogP contribution is 2.28. The third-order valence-electron chi connectivity index (χ3n) is 2.77. The molecular formula is C13H18ClNO5S. The number of hydrogen-bond acceptors (Lipinski definition) is 5. The minimum atomic E-state index is -3.71. The van der Waals surface area contributed by atoms with Crippen LogP contribution in [0.25, 0.3) is 0 Å². The minimum absolute atomic E-state index is 0.00649. The standard InChI is InChI=1S/C13H18ClNO5S/c1-4-20-13(16)7-8-15(2)21(17,18)10-5-6-12(19-3)11(14)9-10/h5-6,9H,4,7-8H2,1-3H3. The van der Waals surface area contributed by atoms with Crippen molar-refractivity contribution in [2.45, 2.75) is 18.2 Å². The molecule has 0 unspecified atom stereocenters. The average Bonchev–Trinajstić information content (AvgIpc) is 2.44. The van der Waals surface area contributed by atoms with E-state index in [1.54, 1.807) is 6.92 Å². The zero-order valence-corrected chi connectivity index (χ0v) is 13.7. The third-order valence-corrected chi connectivity index (χ3v) is 4.92. The fraction of sp³-hybridized carbons (Fsp3) is 0.462. The summed E-state index contributed by atoms with van der Waals surface area (Å²) in [7, 11) is -0.871. The molecule has 21 heavy (non-hydrogen) atoms. The smallest absolute Gasteiger partial charge is 0.307 e. The number of carbonyl (C=O) groups excluding carboxylic acids is 1. The molecule has 1 aromatic rings. The molecule has 1 rings (SSSR count). The molecule has 0 saturated carbocycles. The van der Waals surface area contributed by atoms with Gasteiger partial charge in [0.25, 0.3) is 0 Å². The van der Waals surface area contributed by atoms with Gasteiger partial charge in [0, 0.05) is 13.6 Å². The Kier molecular flexibility index (Phi) is 6.44. The van der Waals surface area contributed by atoms with Crippen molar-refractivity contribution in [2.24, 2.45) is 0 Å². The van der Waals surface area contributed by atoms with Crippen LogP contribution in [0, 0.1) is 0 Å². The van der Waals surface area contributed by atoms with Crippen LogP contribution in [0.4, 0.5) is 0 Å². The van der Waals surface area contributed by atoms with Crippen LogP contribution in [0.1, 0.15) is 13.3 Å². The summed E-state index contributed by atoms with van der Waals surface area (Å²) >= 11 is 5.93. The maximum Gasteiger partial charge on any atom is 0.307 e. The second-order valence-corrected chi connectivity index (χ2v) is 6.63. The SMILES string of the molecule is CCOC(=O)CCN(C)S(=O)(=O)c1ccc(OC)c(Cl)c1. The molecular weight excluding hydrogens is 318 g/mol. The zero-order valence-electron chi connectivity index (χ0n) is 12.1. The molecule has 118 valence electrons. The monoisotopic (exact) mass is 335 g/mol. The Morgan fingerprint density at radius 1 is 1.38 bits per heavy atom. The van der Waals surface area contributed by atoms with Gasteiger partial charge in [0.2, 0.25) is 10.0 Å². The fourth-order valence-corrected chi connectivity index (χ4v) is 3.11. The molecule has 0 aliphatic carbocycles. The van der Waals surface area contributed by atoms with E-state index in [4.69, 9.17) is 21.1 Å². The highest BCUT2D eigenvalue weighted by atomic mass is 35.5. The Bertz CT molecular complexity index is 603. The first-order chi connectivity index (χ1) is 9.82. The van der Waals surface area contributed by atoms with Crippen LogP contribution in [-0.2, 0) is 19.6 Å². The molecule has 0 amide bonds. The second-order valence-electron chi connectivity index (χ2n) is 4.18. The molecule has 0 radical (unpaired) electrons. The summed E-state index contributed by atoms with van der Waals surface area (Å²) in [5.41, 5.74) is 0. The van der Waals surface area contributed by atoms with Gasteiger partial charge in [-0.3, -0.25) is 4.79 Å². The van der Waals surface area contributed by atoms with E-state index < -0.39 is 16.0 Å². The molecule has 1 aromatic carbocycles. The number of rotatable bonds is 7. The molecule has 0 fully saturated rings. The Morgan fingerprint density at radius 2 is 2.05 bits per heavy atom. The molecule has 0 aromatic heterocycles. The lowest BCUT2D eigenvalue weighted by molar-refractivity contribution is -0.143. The zero-order chi connectivity index (χ0) is 16.0. The first-order valence-electron chi connectivity index (χ1n) is 6.28. The lowest BCUT2D eigenvalue weighted by Gasteiger charge is -2.17. The molecule has 0 heterocycles. The normalized spacial score (nSPS) is 11.5. The quantitative estimate of drug-likeness (QED) is 0.712. The van der Waals surface area contributed by atoms with Crippen molar-refractivity contribution in [3.63, 3.8) is 0 Å². The van der Waals surface area contributed by atoms with Crippen molar-refractivity contribution >= 4 is 27.6 Å². The van der Waals surface area contributed by atoms with Crippen molar-refractivity contribution in [3.8, 4) is 5.75 Å². The highest BCUT2D eigenvalue weighted by molar-refractivity contribution is 7.89. The van der Waals surface area contributed by atoms with Crippen LogP contribution in [0.5, 0.6) is 5.75 Å². The van der Waals surface area contributed by atoms with Gasteiger partial charge >= 0.3 is 5.97 Å². The Balaban J connectivity index is 2.85. The Morgan fingerprint density at radius 3 is 2.57 bits per heavy atom. The van der Waals surface area contributed by atoms with E-state index in [1.165, 1.54) is 32.4 Å². The molecule has 0 aliphatic rings. The molecule has 0 spiro atoms. The Hall–Kier alpha value is -1.31. The maximum atomic E-state index is 12.3. The van der Waals surface area contributed by atoms with Crippen molar-refractivity contribution < 1.29 is 22.7 Å². The summed E-state index contributed by atoms with van der Waals surface area (Å²) in [6.45, 7) is 1.99. The summed E-state index contributed by atoms with van der Waals surface area (Å²) in [5, 5.41) is 0.206.